The van der Waals surface area contributed by atoms with Gasteiger partial charge in [0.25, 0.3) is 0 Å². The molecule has 0 amide bonds. The van der Waals surface area contributed by atoms with Crippen molar-refractivity contribution >= 4 is 31.8 Å². The Morgan fingerprint density at radius 2 is 2.17 bits per heavy atom. The molecule has 6 nitrogen and oxygen atoms in total. The third-order valence-electron chi connectivity index (χ3n) is 2.30. The van der Waals surface area contributed by atoms with Crippen LogP contribution in [0.25, 0.3) is 0 Å². The molecule has 1 aromatic rings. The molecule has 1 rings (SSSR count). The number of halogens is 1. The van der Waals surface area contributed by atoms with Crippen LogP contribution in [0, 0.1) is 0 Å². The summed E-state index contributed by atoms with van der Waals surface area (Å²) >= 11 is 3.17. The lowest BCUT2D eigenvalue weighted by Crippen LogP contribution is -2.44. The molecule has 1 aromatic carbocycles. The van der Waals surface area contributed by atoms with Gasteiger partial charge in [-0.3, -0.25) is 0 Å². The van der Waals surface area contributed by atoms with Crippen molar-refractivity contribution < 1.29 is 13.6 Å². The lowest BCUT2D eigenvalue weighted by molar-refractivity contribution is 0.315. The van der Waals surface area contributed by atoms with Crippen LogP contribution >= 0.6 is 15.9 Å². The number of hydrogen-bond acceptors (Lipinski definition) is 4. The van der Waals surface area contributed by atoms with Crippen molar-refractivity contribution in [1.29, 1.82) is 0 Å². The van der Waals surface area contributed by atoms with Gasteiger partial charge >= 0.3 is 0 Å². The van der Waals surface area contributed by atoms with Gasteiger partial charge in [0.15, 0.2) is 5.84 Å². The van der Waals surface area contributed by atoms with Crippen LogP contribution in [0.15, 0.2) is 38.8 Å². The van der Waals surface area contributed by atoms with Crippen molar-refractivity contribution in [1.82, 2.24) is 4.72 Å². The Morgan fingerprint density at radius 1 is 1.56 bits per heavy atom. The Bertz CT molecular complexity index is 545. The summed E-state index contributed by atoms with van der Waals surface area (Å²) in [5.74, 6) is -0.173. The van der Waals surface area contributed by atoms with E-state index in [1.807, 2.05) is 0 Å². The van der Waals surface area contributed by atoms with Gasteiger partial charge in [0.1, 0.15) is 0 Å². The van der Waals surface area contributed by atoms with Crippen molar-refractivity contribution in [2.24, 2.45) is 10.9 Å². The number of sulfonamides is 1. The van der Waals surface area contributed by atoms with E-state index in [2.05, 4.69) is 25.8 Å². The standard InChI is InChI=1S/C10H14BrN3O3S/c1-2-8(10(12)13-15)14-18(16,17)9-6-4-3-5-7(9)11/h3-6,8,14-15H,2H2,1H3,(H2,12,13). The lowest BCUT2D eigenvalue weighted by atomic mass is 10.2. The normalized spacial score (nSPS) is 14.4. The summed E-state index contributed by atoms with van der Waals surface area (Å²) < 4.78 is 27.0. The maximum Gasteiger partial charge on any atom is 0.242 e. The second-order valence-corrected chi connectivity index (χ2v) is 6.07. The van der Waals surface area contributed by atoms with Crippen LogP contribution in [0.3, 0.4) is 0 Å². The van der Waals surface area contributed by atoms with E-state index in [1.54, 1.807) is 25.1 Å². The van der Waals surface area contributed by atoms with E-state index in [9.17, 15) is 8.42 Å². The molecule has 18 heavy (non-hydrogen) atoms. The number of nitrogens with zero attached hydrogens (tertiary/aromatic N) is 1. The van der Waals surface area contributed by atoms with Crippen LogP contribution in [0.1, 0.15) is 13.3 Å². The SMILES string of the molecule is CCC(NS(=O)(=O)c1ccccc1Br)/C(N)=N/O. The minimum Gasteiger partial charge on any atom is -0.409 e. The van der Waals surface area contributed by atoms with Gasteiger partial charge in [-0.05, 0) is 34.5 Å². The summed E-state index contributed by atoms with van der Waals surface area (Å²) in [5.41, 5.74) is 5.41. The maximum atomic E-state index is 12.1. The molecule has 0 radical (unpaired) electrons. The van der Waals surface area contributed by atoms with Gasteiger partial charge < -0.3 is 10.9 Å². The first kappa shape index (κ1) is 14.9. The molecule has 0 heterocycles. The van der Waals surface area contributed by atoms with E-state index in [0.717, 1.165) is 0 Å². The van der Waals surface area contributed by atoms with E-state index in [-0.39, 0.29) is 10.7 Å². The average molecular weight is 336 g/mol. The van der Waals surface area contributed by atoms with Crippen molar-refractivity contribution in [3.05, 3.63) is 28.7 Å². The van der Waals surface area contributed by atoms with Gasteiger partial charge in [0, 0.05) is 4.47 Å². The quantitative estimate of drug-likeness (QED) is 0.326. The largest absolute Gasteiger partial charge is 0.409 e. The number of benzene rings is 1. The van der Waals surface area contributed by atoms with Crippen LogP contribution in [0.4, 0.5) is 0 Å². The van der Waals surface area contributed by atoms with Gasteiger partial charge in [0.2, 0.25) is 10.0 Å². The zero-order valence-electron chi connectivity index (χ0n) is 9.67. The number of rotatable bonds is 5. The van der Waals surface area contributed by atoms with E-state index in [1.165, 1.54) is 6.07 Å². The Balaban J connectivity index is 3.06. The van der Waals surface area contributed by atoms with E-state index >= 15 is 0 Å². The molecule has 1 atom stereocenters. The molecule has 0 fully saturated rings. The molecule has 1 unspecified atom stereocenters. The summed E-state index contributed by atoms with van der Waals surface area (Å²) in [7, 11) is -3.73. The van der Waals surface area contributed by atoms with Crippen molar-refractivity contribution in [3.63, 3.8) is 0 Å². The molecule has 4 N–H and O–H groups in total. The fourth-order valence-corrected chi connectivity index (χ4v) is 3.63. The van der Waals surface area contributed by atoms with Gasteiger partial charge in [-0.2, -0.15) is 0 Å². The predicted molar refractivity (Wildman–Crippen MR) is 72.0 cm³/mol. The molecular weight excluding hydrogens is 322 g/mol. The summed E-state index contributed by atoms with van der Waals surface area (Å²) in [4.78, 5) is 0.106. The van der Waals surface area contributed by atoms with Crippen molar-refractivity contribution in [2.45, 2.75) is 24.3 Å². The molecule has 100 valence electrons. The Morgan fingerprint density at radius 3 is 2.67 bits per heavy atom. The highest BCUT2D eigenvalue weighted by atomic mass is 79.9. The van der Waals surface area contributed by atoms with Gasteiger partial charge in [-0.1, -0.05) is 24.2 Å². The Labute approximate surface area is 114 Å². The molecule has 0 aliphatic carbocycles. The Kier molecular flexibility index (Phi) is 5.12. The fourth-order valence-electron chi connectivity index (χ4n) is 1.34. The second-order valence-electron chi connectivity index (χ2n) is 3.54. The van der Waals surface area contributed by atoms with E-state index in [4.69, 9.17) is 10.9 Å². The minimum atomic E-state index is -3.73. The summed E-state index contributed by atoms with van der Waals surface area (Å²) in [5, 5.41) is 11.4. The monoisotopic (exact) mass is 335 g/mol. The zero-order valence-corrected chi connectivity index (χ0v) is 12.1. The molecule has 0 bridgehead atoms. The van der Waals surface area contributed by atoms with Gasteiger partial charge in [0.05, 0.1) is 10.9 Å². The second kappa shape index (κ2) is 6.17. The third kappa shape index (κ3) is 3.44. The first-order valence-electron chi connectivity index (χ1n) is 5.16. The van der Waals surface area contributed by atoms with Gasteiger partial charge in [-0.15, -0.1) is 0 Å². The molecule has 0 aliphatic rings. The number of hydrogen-bond donors (Lipinski definition) is 3. The summed E-state index contributed by atoms with van der Waals surface area (Å²) in [6.45, 7) is 1.73. The minimum absolute atomic E-state index is 0.106. The van der Waals surface area contributed by atoms with Crippen molar-refractivity contribution in [2.75, 3.05) is 0 Å². The predicted octanol–water partition coefficient (Wildman–Crippen LogP) is 1.25. The molecule has 0 saturated heterocycles. The molecule has 0 saturated carbocycles. The van der Waals surface area contributed by atoms with Crippen LogP contribution in [-0.4, -0.2) is 25.5 Å². The van der Waals surface area contributed by atoms with Crippen molar-refractivity contribution in [3.8, 4) is 0 Å². The highest BCUT2D eigenvalue weighted by Crippen LogP contribution is 2.21. The van der Waals surface area contributed by atoms with Crippen LogP contribution in [-0.2, 0) is 10.0 Å². The first-order valence-corrected chi connectivity index (χ1v) is 7.44. The number of amidine groups is 1. The fraction of sp³-hybridized carbons (Fsp3) is 0.300. The highest BCUT2D eigenvalue weighted by Gasteiger charge is 2.23. The smallest absolute Gasteiger partial charge is 0.242 e. The maximum absolute atomic E-state index is 12.1. The highest BCUT2D eigenvalue weighted by molar-refractivity contribution is 9.10. The molecule has 0 aliphatic heterocycles. The number of oxime groups is 1. The van der Waals surface area contributed by atoms with E-state index < -0.39 is 16.1 Å². The van der Waals surface area contributed by atoms with Crippen LogP contribution < -0.4 is 10.5 Å². The van der Waals surface area contributed by atoms with Crippen LogP contribution in [0.5, 0.6) is 0 Å². The molecular formula is C10H14BrN3O3S. The van der Waals surface area contributed by atoms with Crippen LogP contribution in [0.2, 0.25) is 0 Å². The Hall–Kier alpha value is -1.12. The number of nitrogens with two attached hydrogens (primary N) is 1. The first-order chi connectivity index (χ1) is 8.42. The summed E-state index contributed by atoms with van der Waals surface area (Å²) in [6, 6.07) is 5.67. The lowest BCUT2D eigenvalue weighted by Gasteiger charge is -2.16. The molecule has 8 heteroatoms. The average Bonchev–Trinajstić information content (AvgIpc) is 2.35. The van der Waals surface area contributed by atoms with E-state index in [0.29, 0.717) is 10.9 Å². The molecule has 0 spiro atoms. The third-order valence-corrected chi connectivity index (χ3v) is 4.79. The summed E-state index contributed by atoms with van der Waals surface area (Å²) in [6.07, 6.45) is 0.375. The zero-order chi connectivity index (χ0) is 13.8. The topological polar surface area (TPSA) is 105 Å². The van der Waals surface area contributed by atoms with Gasteiger partial charge in [-0.25, -0.2) is 13.1 Å². The molecule has 0 aromatic heterocycles. The number of nitrogens with one attached hydrogen (secondary N) is 1.